The molecule has 0 aromatic heterocycles. The van der Waals surface area contributed by atoms with Gasteiger partial charge in [-0.25, -0.2) is 0 Å². The molecule has 26 heavy (non-hydrogen) atoms. The zero-order valence-electron chi connectivity index (χ0n) is 14.8. The predicted octanol–water partition coefficient (Wildman–Crippen LogP) is 2.76. The highest BCUT2D eigenvalue weighted by atomic mass is 32.2. The molecule has 4 saturated carbocycles. The van der Waals surface area contributed by atoms with Crippen LogP contribution in [0.3, 0.4) is 0 Å². The van der Waals surface area contributed by atoms with Crippen LogP contribution >= 0.6 is 0 Å². The van der Waals surface area contributed by atoms with Crippen LogP contribution in [-0.2, 0) is 19.6 Å². The average molecular weight is 396 g/mol. The Kier molecular flexibility index (Phi) is 4.89. The molecule has 0 saturated heterocycles. The van der Waals surface area contributed by atoms with Gasteiger partial charge in [-0.1, -0.05) is 19.8 Å². The highest BCUT2D eigenvalue weighted by Gasteiger charge is 2.64. The topological polar surface area (TPSA) is 101 Å². The van der Waals surface area contributed by atoms with Crippen LogP contribution < -0.4 is 0 Å². The molecule has 0 amide bonds. The number of alkyl halides is 2. The van der Waals surface area contributed by atoms with E-state index in [0.29, 0.717) is 25.7 Å². The molecule has 150 valence electrons. The minimum absolute atomic E-state index is 0.0602. The molecule has 4 fully saturated rings. The van der Waals surface area contributed by atoms with Gasteiger partial charge in [0, 0.05) is 0 Å². The maximum atomic E-state index is 13.4. The maximum Gasteiger partial charge on any atom is 0.402 e. The molecule has 4 aliphatic rings. The van der Waals surface area contributed by atoms with Gasteiger partial charge in [-0.15, -0.1) is 0 Å². The molecule has 4 aliphatic carbocycles. The third-order valence-electron chi connectivity index (χ3n) is 6.72. The summed E-state index contributed by atoms with van der Waals surface area (Å²) in [4.78, 5) is 12.6. The van der Waals surface area contributed by atoms with Gasteiger partial charge in [0.05, 0.1) is 11.0 Å². The molecule has 0 radical (unpaired) electrons. The normalized spacial score (nSPS) is 39.2. The van der Waals surface area contributed by atoms with Gasteiger partial charge in [0.2, 0.25) is 0 Å². The first-order valence-corrected chi connectivity index (χ1v) is 10.6. The number of rotatable bonds is 7. The van der Waals surface area contributed by atoms with E-state index in [-0.39, 0.29) is 17.8 Å². The van der Waals surface area contributed by atoms with E-state index in [4.69, 9.17) is 4.55 Å². The van der Waals surface area contributed by atoms with Gasteiger partial charge in [0.15, 0.2) is 6.61 Å². The SMILES string of the molecule is CCCCC1(O)C2CC3CC1CC(C(=O)OCC(F)(F)S(=O)(=O)O)(C3)C2. The largest absolute Gasteiger partial charge is 0.458 e. The predicted molar refractivity (Wildman–Crippen MR) is 87.9 cm³/mol. The molecule has 6 nitrogen and oxygen atoms in total. The number of carbonyl (C=O) groups excluding carboxylic acids is 1. The summed E-state index contributed by atoms with van der Waals surface area (Å²) >= 11 is 0. The van der Waals surface area contributed by atoms with E-state index in [1.807, 2.05) is 6.92 Å². The standard InChI is InChI=1S/C17H26F2O6S/c1-2-3-4-16(21)12-5-11-6-13(16)9-15(7-11,8-12)14(20)25-10-17(18,19)26(22,23)24/h11-13,21H,2-10H2,1H3,(H,22,23,24). The van der Waals surface area contributed by atoms with Crippen LogP contribution in [0, 0.1) is 23.2 Å². The number of esters is 1. The number of unbranched alkanes of at least 4 members (excludes halogenated alkanes) is 1. The lowest BCUT2D eigenvalue weighted by atomic mass is 9.44. The van der Waals surface area contributed by atoms with Crippen molar-refractivity contribution in [3.8, 4) is 0 Å². The summed E-state index contributed by atoms with van der Waals surface area (Å²) < 4.78 is 61.3. The van der Waals surface area contributed by atoms with Gasteiger partial charge in [-0.05, 0) is 56.3 Å². The molecule has 2 unspecified atom stereocenters. The van der Waals surface area contributed by atoms with E-state index < -0.39 is 39.0 Å². The Hall–Kier alpha value is -0.800. The van der Waals surface area contributed by atoms with Crippen molar-refractivity contribution in [3.63, 3.8) is 0 Å². The molecule has 0 aromatic rings. The highest BCUT2D eigenvalue weighted by Crippen LogP contribution is 2.65. The van der Waals surface area contributed by atoms with Crippen molar-refractivity contribution in [2.24, 2.45) is 23.2 Å². The second-order valence-electron chi connectivity index (χ2n) is 8.41. The van der Waals surface area contributed by atoms with Gasteiger partial charge < -0.3 is 9.84 Å². The van der Waals surface area contributed by atoms with Gasteiger partial charge >= 0.3 is 21.3 Å². The van der Waals surface area contributed by atoms with Gasteiger partial charge in [-0.3, -0.25) is 9.35 Å². The molecule has 0 aliphatic heterocycles. The minimum Gasteiger partial charge on any atom is -0.458 e. The van der Waals surface area contributed by atoms with E-state index in [2.05, 4.69) is 4.74 Å². The highest BCUT2D eigenvalue weighted by molar-refractivity contribution is 7.86. The Morgan fingerprint density at radius 1 is 1.23 bits per heavy atom. The quantitative estimate of drug-likeness (QED) is 0.507. The summed E-state index contributed by atoms with van der Waals surface area (Å²) in [5.74, 6) is -0.702. The zero-order chi connectivity index (χ0) is 19.4. The molecule has 0 aromatic carbocycles. The first kappa shape index (κ1) is 19.9. The number of hydrogen-bond donors (Lipinski definition) is 2. The summed E-state index contributed by atoms with van der Waals surface area (Å²) in [7, 11) is -5.63. The van der Waals surface area contributed by atoms with Crippen LogP contribution in [0.4, 0.5) is 8.78 Å². The minimum atomic E-state index is -5.63. The smallest absolute Gasteiger partial charge is 0.402 e. The Morgan fingerprint density at radius 3 is 2.31 bits per heavy atom. The van der Waals surface area contributed by atoms with E-state index in [1.165, 1.54) is 0 Å². The van der Waals surface area contributed by atoms with Crippen molar-refractivity contribution in [1.29, 1.82) is 0 Å². The number of ether oxygens (including phenoxy) is 1. The van der Waals surface area contributed by atoms with Crippen molar-refractivity contribution in [1.82, 2.24) is 0 Å². The summed E-state index contributed by atoms with van der Waals surface area (Å²) in [5, 5.41) is 6.68. The Labute approximate surface area is 152 Å². The van der Waals surface area contributed by atoms with Crippen LogP contribution in [0.1, 0.15) is 58.3 Å². The fraction of sp³-hybridized carbons (Fsp3) is 0.941. The molecular weight excluding hydrogens is 370 g/mol. The second-order valence-corrected chi connectivity index (χ2v) is 9.95. The third kappa shape index (κ3) is 3.16. The number of carbonyl (C=O) groups is 1. The third-order valence-corrected chi connectivity index (χ3v) is 7.59. The maximum absolute atomic E-state index is 13.4. The fourth-order valence-corrected chi connectivity index (χ4v) is 5.78. The summed E-state index contributed by atoms with van der Waals surface area (Å²) in [6.45, 7) is 0.361. The van der Waals surface area contributed by atoms with Crippen molar-refractivity contribution < 1.29 is 36.4 Å². The van der Waals surface area contributed by atoms with E-state index in [1.54, 1.807) is 0 Å². The van der Waals surface area contributed by atoms with Crippen LogP contribution in [0.2, 0.25) is 0 Å². The zero-order valence-corrected chi connectivity index (χ0v) is 15.6. The first-order chi connectivity index (χ1) is 11.9. The fourth-order valence-electron chi connectivity index (χ4n) is 5.57. The van der Waals surface area contributed by atoms with Crippen LogP contribution in [-0.4, -0.2) is 41.5 Å². The van der Waals surface area contributed by atoms with Crippen LogP contribution in [0.15, 0.2) is 0 Å². The number of hydrogen-bond acceptors (Lipinski definition) is 5. The molecule has 2 N–H and O–H groups in total. The van der Waals surface area contributed by atoms with E-state index in [9.17, 15) is 27.1 Å². The lowest BCUT2D eigenvalue weighted by molar-refractivity contribution is -0.218. The summed E-state index contributed by atoms with van der Waals surface area (Å²) in [6, 6.07) is 0. The number of halogens is 2. The second kappa shape index (κ2) is 6.38. The van der Waals surface area contributed by atoms with Crippen molar-refractivity contribution in [2.75, 3.05) is 6.61 Å². The van der Waals surface area contributed by atoms with Gasteiger partial charge in [0.25, 0.3) is 0 Å². The molecule has 0 spiro atoms. The Bertz CT molecular complexity index is 661. The van der Waals surface area contributed by atoms with Crippen molar-refractivity contribution >= 4 is 16.1 Å². The average Bonchev–Trinajstić information content (AvgIpc) is 2.54. The van der Waals surface area contributed by atoms with Gasteiger partial charge in [-0.2, -0.15) is 17.2 Å². The Balaban J connectivity index is 1.73. The van der Waals surface area contributed by atoms with Crippen LogP contribution in [0.5, 0.6) is 0 Å². The van der Waals surface area contributed by atoms with Crippen LogP contribution in [0.25, 0.3) is 0 Å². The monoisotopic (exact) mass is 396 g/mol. The molecule has 9 heteroatoms. The number of aliphatic hydroxyl groups is 1. The Morgan fingerprint density at radius 2 is 1.81 bits per heavy atom. The molecule has 4 bridgehead atoms. The van der Waals surface area contributed by atoms with Gasteiger partial charge in [0.1, 0.15) is 0 Å². The lowest BCUT2D eigenvalue weighted by Crippen LogP contribution is -2.63. The molecule has 4 rings (SSSR count). The summed E-state index contributed by atoms with van der Waals surface area (Å²) in [6.07, 6.45) is 5.49. The van der Waals surface area contributed by atoms with Crippen molar-refractivity contribution in [2.45, 2.75) is 69.1 Å². The van der Waals surface area contributed by atoms with E-state index >= 15 is 0 Å². The molecule has 0 heterocycles. The van der Waals surface area contributed by atoms with E-state index in [0.717, 1.165) is 25.7 Å². The lowest BCUT2D eigenvalue weighted by Gasteiger charge is -2.62. The molecular formula is C17H26F2O6S. The van der Waals surface area contributed by atoms with Crippen molar-refractivity contribution in [3.05, 3.63) is 0 Å². The molecule has 2 atom stereocenters. The summed E-state index contributed by atoms with van der Waals surface area (Å²) in [5.41, 5.74) is -1.74. The first-order valence-electron chi connectivity index (χ1n) is 9.18.